The normalized spacial score (nSPS) is 16.7. The number of benzene rings is 1. The molecule has 1 saturated heterocycles. The molecule has 0 bridgehead atoms. The number of likely N-dealkylation sites (tertiary alicyclic amines) is 1. The fraction of sp³-hybridized carbons (Fsp3) is 0.474. The summed E-state index contributed by atoms with van der Waals surface area (Å²) in [6.45, 7) is 7.77. The van der Waals surface area contributed by atoms with Gasteiger partial charge < -0.3 is 9.80 Å². The monoisotopic (exact) mass is 314 g/mol. The highest BCUT2D eigenvalue weighted by Gasteiger charge is 2.27. The molecule has 0 radical (unpaired) electrons. The summed E-state index contributed by atoms with van der Waals surface area (Å²) in [5, 5.41) is 0. The Morgan fingerprint density at radius 1 is 1.30 bits per heavy atom. The number of piperidine rings is 1. The molecule has 1 heterocycles. The highest BCUT2D eigenvalue weighted by Crippen LogP contribution is 2.23. The van der Waals surface area contributed by atoms with E-state index in [4.69, 9.17) is 0 Å². The number of likely N-dealkylation sites (N-methyl/N-ethyl adjacent to an activating group) is 1. The Bertz CT molecular complexity index is 548. The first kappa shape index (κ1) is 17.3. The van der Waals surface area contributed by atoms with Gasteiger partial charge in [-0.25, -0.2) is 0 Å². The number of hydrogen-bond donors (Lipinski definition) is 0. The van der Waals surface area contributed by atoms with Crippen molar-refractivity contribution in [3.8, 4) is 0 Å². The lowest BCUT2D eigenvalue weighted by molar-refractivity contribution is -0.134. The van der Waals surface area contributed by atoms with Crippen LogP contribution in [0.4, 0.5) is 0 Å². The number of rotatable bonds is 5. The molecule has 1 atom stereocenters. The Morgan fingerprint density at radius 2 is 1.91 bits per heavy atom. The van der Waals surface area contributed by atoms with Crippen molar-refractivity contribution in [1.29, 1.82) is 0 Å². The lowest BCUT2D eigenvalue weighted by Crippen LogP contribution is -2.43. The number of carbonyl (C=O) groups is 2. The van der Waals surface area contributed by atoms with Gasteiger partial charge in [-0.05, 0) is 37.3 Å². The van der Waals surface area contributed by atoms with Gasteiger partial charge in [-0.15, -0.1) is 0 Å². The van der Waals surface area contributed by atoms with E-state index in [0.717, 1.165) is 38.0 Å². The average Bonchev–Trinajstić information content (AvgIpc) is 2.61. The van der Waals surface area contributed by atoms with Gasteiger partial charge in [-0.1, -0.05) is 36.9 Å². The third-order valence-electron chi connectivity index (χ3n) is 4.68. The number of nitrogens with zero attached hydrogens (tertiary/aromatic N) is 2. The molecule has 0 unspecified atom stereocenters. The Labute approximate surface area is 138 Å². The molecule has 4 nitrogen and oxygen atoms in total. The predicted octanol–water partition coefficient (Wildman–Crippen LogP) is 2.67. The quantitative estimate of drug-likeness (QED) is 0.784. The van der Waals surface area contributed by atoms with Crippen molar-refractivity contribution >= 4 is 11.8 Å². The molecule has 0 spiro atoms. The van der Waals surface area contributed by atoms with Crippen LogP contribution in [0.2, 0.25) is 0 Å². The molecule has 0 aliphatic carbocycles. The molecule has 1 aromatic rings. The maximum absolute atomic E-state index is 12.6. The molecule has 1 fully saturated rings. The first-order valence-corrected chi connectivity index (χ1v) is 8.24. The number of carbonyl (C=O) groups excluding carboxylic acids is 2. The van der Waals surface area contributed by atoms with Gasteiger partial charge in [0, 0.05) is 26.7 Å². The zero-order chi connectivity index (χ0) is 16.8. The minimum absolute atomic E-state index is 0.0406. The minimum Gasteiger partial charge on any atom is -0.342 e. The highest BCUT2D eigenvalue weighted by atomic mass is 16.2. The average molecular weight is 314 g/mol. The zero-order valence-electron chi connectivity index (χ0n) is 14.1. The minimum atomic E-state index is -0.0993. The second-order valence-corrected chi connectivity index (χ2v) is 6.32. The van der Waals surface area contributed by atoms with Gasteiger partial charge >= 0.3 is 0 Å². The van der Waals surface area contributed by atoms with E-state index >= 15 is 0 Å². The Morgan fingerprint density at radius 3 is 2.48 bits per heavy atom. The molecular weight excluding hydrogens is 288 g/mol. The first-order chi connectivity index (χ1) is 11.0. The smallest absolute Gasteiger partial charge is 0.245 e. The van der Waals surface area contributed by atoms with Crippen molar-refractivity contribution in [1.82, 2.24) is 9.80 Å². The van der Waals surface area contributed by atoms with Crippen molar-refractivity contribution in [2.75, 3.05) is 26.7 Å². The highest BCUT2D eigenvalue weighted by molar-refractivity contribution is 5.86. The molecule has 0 N–H and O–H groups in total. The van der Waals surface area contributed by atoms with Gasteiger partial charge in [0.05, 0.1) is 5.92 Å². The zero-order valence-corrected chi connectivity index (χ0v) is 14.1. The van der Waals surface area contributed by atoms with Crippen LogP contribution >= 0.6 is 0 Å². The van der Waals surface area contributed by atoms with Crippen LogP contribution in [0.5, 0.6) is 0 Å². The van der Waals surface area contributed by atoms with E-state index in [1.54, 1.807) is 11.9 Å². The lowest BCUT2D eigenvalue weighted by atomic mass is 9.93. The summed E-state index contributed by atoms with van der Waals surface area (Å²) in [7, 11) is 1.80. The second kappa shape index (κ2) is 7.95. The largest absolute Gasteiger partial charge is 0.342 e. The fourth-order valence-electron chi connectivity index (χ4n) is 3.13. The number of hydrogen-bond acceptors (Lipinski definition) is 2. The predicted molar refractivity (Wildman–Crippen MR) is 92.0 cm³/mol. The third-order valence-corrected chi connectivity index (χ3v) is 4.68. The van der Waals surface area contributed by atoms with E-state index in [0.29, 0.717) is 5.92 Å². The molecule has 124 valence electrons. The van der Waals surface area contributed by atoms with Crippen LogP contribution in [-0.2, 0) is 9.59 Å². The van der Waals surface area contributed by atoms with Gasteiger partial charge in [0.25, 0.3) is 0 Å². The molecule has 0 aromatic heterocycles. The summed E-state index contributed by atoms with van der Waals surface area (Å²) in [6, 6.07) is 9.92. The van der Waals surface area contributed by atoms with Gasteiger partial charge in [-0.2, -0.15) is 0 Å². The molecule has 2 amide bonds. The van der Waals surface area contributed by atoms with E-state index in [9.17, 15) is 9.59 Å². The van der Waals surface area contributed by atoms with Crippen molar-refractivity contribution < 1.29 is 9.59 Å². The second-order valence-electron chi connectivity index (χ2n) is 6.32. The van der Waals surface area contributed by atoms with Gasteiger partial charge in [0.1, 0.15) is 0 Å². The van der Waals surface area contributed by atoms with Crippen LogP contribution in [0.1, 0.15) is 31.2 Å². The Balaban J connectivity index is 1.85. The van der Waals surface area contributed by atoms with Crippen molar-refractivity contribution in [2.24, 2.45) is 5.92 Å². The first-order valence-electron chi connectivity index (χ1n) is 8.24. The third kappa shape index (κ3) is 4.44. The van der Waals surface area contributed by atoms with Crippen molar-refractivity contribution in [2.45, 2.75) is 25.7 Å². The van der Waals surface area contributed by atoms with Crippen LogP contribution in [-0.4, -0.2) is 48.3 Å². The topological polar surface area (TPSA) is 40.6 Å². The summed E-state index contributed by atoms with van der Waals surface area (Å²) in [5.74, 6) is 0.518. The van der Waals surface area contributed by atoms with Gasteiger partial charge in [-0.3, -0.25) is 9.59 Å². The van der Waals surface area contributed by atoms with E-state index in [-0.39, 0.29) is 17.7 Å². The molecule has 1 aliphatic rings. The molecule has 0 saturated carbocycles. The summed E-state index contributed by atoms with van der Waals surface area (Å²) in [4.78, 5) is 27.8. The summed E-state index contributed by atoms with van der Waals surface area (Å²) < 4.78 is 0. The SMILES string of the molecule is C=CC(=O)N(C)CC1CCN(C(=O)[C@H](C)c2ccccc2)CC1. The molecule has 4 heteroatoms. The summed E-state index contributed by atoms with van der Waals surface area (Å²) in [6.07, 6.45) is 3.24. The molecule has 1 aliphatic heterocycles. The van der Waals surface area contributed by atoms with Crippen LogP contribution < -0.4 is 0 Å². The van der Waals surface area contributed by atoms with Crippen LogP contribution in [0.3, 0.4) is 0 Å². The van der Waals surface area contributed by atoms with Crippen LogP contribution in [0.15, 0.2) is 43.0 Å². The Kier molecular flexibility index (Phi) is 5.97. The van der Waals surface area contributed by atoms with E-state index < -0.39 is 0 Å². The van der Waals surface area contributed by atoms with E-state index in [1.165, 1.54) is 6.08 Å². The molecule has 23 heavy (non-hydrogen) atoms. The lowest BCUT2D eigenvalue weighted by Gasteiger charge is -2.35. The standard InChI is InChI=1S/C19H26N2O2/c1-4-18(22)20(3)14-16-10-12-21(13-11-16)19(23)15(2)17-8-6-5-7-9-17/h4-9,15-16H,1,10-14H2,2-3H3/t15-/m1/s1. The van der Waals surface area contributed by atoms with Crippen molar-refractivity contribution in [3.05, 3.63) is 48.6 Å². The van der Waals surface area contributed by atoms with Crippen molar-refractivity contribution in [3.63, 3.8) is 0 Å². The summed E-state index contributed by atoms with van der Waals surface area (Å²) in [5.41, 5.74) is 1.07. The maximum atomic E-state index is 12.6. The maximum Gasteiger partial charge on any atom is 0.245 e. The van der Waals surface area contributed by atoms with Crippen LogP contribution in [0.25, 0.3) is 0 Å². The Hall–Kier alpha value is -2.10. The summed E-state index contributed by atoms with van der Waals surface area (Å²) >= 11 is 0. The fourth-order valence-corrected chi connectivity index (χ4v) is 3.13. The molecule has 2 rings (SSSR count). The van der Waals surface area contributed by atoms with Gasteiger partial charge in [0.15, 0.2) is 0 Å². The van der Waals surface area contributed by atoms with Gasteiger partial charge in [0.2, 0.25) is 11.8 Å². The molecule has 1 aromatic carbocycles. The van der Waals surface area contributed by atoms with E-state index in [1.807, 2.05) is 42.2 Å². The molecular formula is C19H26N2O2. The van der Waals surface area contributed by atoms with Crippen LogP contribution in [0, 0.1) is 5.92 Å². The number of amides is 2. The van der Waals surface area contributed by atoms with E-state index in [2.05, 4.69) is 6.58 Å².